The van der Waals surface area contributed by atoms with E-state index < -0.39 is 0 Å². The van der Waals surface area contributed by atoms with Crippen molar-refractivity contribution < 1.29 is 4.39 Å². The standard InChI is InChI=1S/C47H45FN2/c1-4-14-31(15-5-2)32-24-25-37-39(28-32)47(26-10-11-27-47)40-30-44(35-18-6-7-19-36(35)45(37)40)50(34-17-12-16-33(48)29-34)43-23-13-22-42-46(43)38-20-8-9-21-41(38)49(42)3/h6-9,12-13,16-25,28-31H,4-5,10-11,14-15,26-27H2,1-3H3. The molecule has 0 aliphatic heterocycles. The van der Waals surface area contributed by atoms with Gasteiger partial charge in [-0.1, -0.05) is 112 Å². The van der Waals surface area contributed by atoms with Crippen molar-refractivity contribution in [3.05, 3.63) is 138 Å². The van der Waals surface area contributed by atoms with E-state index in [0.717, 1.165) is 22.6 Å². The molecule has 6 aromatic carbocycles. The quantitative estimate of drug-likeness (QED) is 0.158. The highest BCUT2D eigenvalue weighted by molar-refractivity contribution is 6.17. The van der Waals surface area contributed by atoms with E-state index in [9.17, 15) is 0 Å². The number of hydrogen-bond acceptors (Lipinski definition) is 1. The summed E-state index contributed by atoms with van der Waals surface area (Å²) in [5.41, 5.74) is 12.7. The van der Waals surface area contributed by atoms with Gasteiger partial charge in [0.1, 0.15) is 5.82 Å². The molecule has 2 aliphatic carbocycles. The maximum atomic E-state index is 15.3. The van der Waals surface area contributed by atoms with E-state index in [4.69, 9.17) is 0 Å². The molecule has 250 valence electrons. The summed E-state index contributed by atoms with van der Waals surface area (Å²) in [6, 6.07) is 41.3. The van der Waals surface area contributed by atoms with Crippen LogP contribution in [0.15, 0.2) is 115 Å². The lowest BCUT2D eigenvalue weighted by Crippen LogP contribution is -2.21. The van der Waals surface area contributed by atoms with Crippen molar-refractivity contribution in [1.82, 2.24) is 4.57 Å². The predicted octanol–water partition coefficient (Wildman–Crippen LogP) is 13.6. The highest BCUT2D eigenvalue weighted by atomic mass is 19.1. The molecule has 0 N–H and O–H groups in total. The smallest absolute Gasteiger partial charge is 0.125 e. The number of benzene rings is 6. The van der Waals surface area contributed by atoms with E-state index in [1.165, 1.54) is 106 Å². The zero-order chi connectivity index (χ0) is 34.0. The first-order valence-electron chi connectivity index (χ1n) is 18.8. The molecule has 0 atom stereocenters. The summed E-state index contributed by atoms with van der Waals surface area (Å²) in [5.74, 6) is 0.374. The van der Waals surface area contributed by atoms with Gasteiger partial charge in [-0.25, -0.2) is 4.39 Å². The molecular formula is C47H45FN2. The molecule has 1 aromatic heterocycles. The molecule has 2 aliphatic rings. The number of aryl methyl sites for hydroxylation is 1. The van der Waals surface area contributed by atoms with Gasteiger partial charge in [-0.2, -0.15) is 0 Å². The van der Waals surface area contributed by atoms with Crippen LogP contribution < -0.4 is 4.90 Å². The van der Waals surface area contributed by atoms with Crippen LogP contribution in [-0.2, 0) is 12.5 Å². The fraction of sp³-hybridized carbons (Fsp3) is 0.277. The first-order chi connectivity index (χ1) is 24.5. The average molecular weight is 657 g/mol. The molecule has 1 saturated carbocycles. The van der Waals surface area contributed by atoms with Crippen LogP contribution in [0, 0.1) is 5.82 Å². The van der Waals surface area contributed by atoms with Gasteiger partial charge in [0, 0.05) is 39.8 Å². The molecule has 0 saturated heterocycles. The summed E-state index contributed by atoms with van der Waals surface area (Å²) in [7, 11) is 2.15. The fourth-order valence-electron chi connectivity index (χ4n) is 9.88. The highest BCUT2D eigenvalue weighted by Gasteiger charge is 2.46. The largest absolute Gasteiger partial charge is 0.344 e. The van der Waals surface area contributed by atoms with Gasteiger partial charge in [-0.3, -0.25) is 0 Å². The van der Waals surface area contributed by atoms with Gasteiger partial charge in [0.05, 0.1) is 16.9 Å². The summed E-state index contributed by atoms with van der Waals surface area (Å²) >= 11 is 0. The summed E-state index contributed by atoms with van der Waals surface area (Å²) in [4.78, 5) is 2.34. The Morgan fingerprint density at radius 1 is 0.680 bits per heavy atom. The third-order valence-electron chi connectivity index (χ3n) is 12.0. The van der Waals surface area contributed by atoms with Crippen molar-refractivity contribution in [3.63, 3.8) is 0 Å². The summed E-state index contributed by atoms with van der Waals surface area (Å²) in [5, 5.41) is 4.85. The van der Waals surface area contributed by atoms with Crippen LogP contribution in [0.4, 0.5) is 21.5 Å². The number of rotatable bonds is 8. The molecule has 50 heavy (non-hydrogen) atoms. The van der Waals surface area contributed by atoms with Crippen LogP contribution in [-0.4, -0.2) is 4.57 Å². The van der Waals surface area contributed by atoms with Gasteiger partial charge in [0.2, 0.25) is 0 Å². The summed E-state index contributed by atoms with van der Waals surface area (Å²) in [6.07, 6.45) is 9.70. The van der Waals surface area contributed by atoms with Crippen LogP contribution >= 0.6 is 0 Å². The van der Waals surface area contributed by atoms with E-state index >= 15 is 4.39 Å². The third kappa shape index (κ3) is 4.59. The minimum Gasteiger partial charge on any atom is -0.344 e. The normalized spacial score (nSPS) is 14.7. The molecule has 0 unspecified atom stereocenters. The van der Waals surface area contributed by atoms with E-state index in [2.05, 4.69) is 127 Å². The lowest BCUT2D eigenvalue weighted by molar-refractivity contribution is 0.540. The lowest BCUT2D eigenvalue weighted by Gasteiger charge is -2.32. The average Bonchev–Trinajstić information content (AvgIpc) is 3.83. The second-order valence-corrected chi connectivity index (χ2v) is 14.8. The van der Waals surface area contributed by atoms with Crippen molar-refractivity contribution in [2.75, 3.05) is 4.90 Å². The second-order valence-electron chi connectivity index (χ2n) is 14.8. The number of hydrogen-bond donors (Lipinski definition) is 0. The molecule has 1 spiro atoms. The molecular weight excluding hydrogens is 612 g/mol. The number of halogens is 1. The first-order valence-corrected chi connectivity index (χ1v) is 18.8. The van der Waals surface area contributed by atoms with E-state index in [0.29, 0.717) is 5.92 Å². The second kappa shape index (κ2) is 12.2. The Bertz CT molecular complexity index is 2400. The van der Waals surface area contributed by atoms with Gasteiger partial charge in [-0.05, 0) is 107 Å². The van der Waals surface area contributed by atoms with Gasteiger partial charge in [-0.15, -0.1) is 0 Å². The van der Waals surface area contributed by atoms with Gasteiger partial charge < -0.3 is 9.47 Å². The number of para-hydroxylation sites is 1. The first kappa shape index (κ1) is 31.1. The number of fused-ring (bicyclic) bond motifs is 10. The van der Waals surface area contributed by atoms with Crippen molar-refractivity contribution in [2.45, 2.75) is 76.5 Å². The van der Waals surface area contributed by atoms with Gasteiger partial charge in [0.15, 0.2) is 0 Å². The lowest BCUT2D eigenvalue weighted by atomic mass is 9.75. The minimum atomic E-state index is -0.232. The molecule has 0 amide bonds. The summed E-state index contributed by atoms with van der Waals surface area (Å²) in [6.45, 7) is 4.64. The van der Waals surface area contributed by atoms with Crippen molar-refractivity contribution in [3.8, 4) is 11.1 Å². The number of nitrogens with zero attached hydrogens (tertiary/aromatic N) is 2. The molecule has 7 aromatic rings. The number of aromatic nitrogens is 1. The van der Waals surface area contributed by atoms with Crippen LogP contribution in [0.2, 0.25) is 0 Å². The highest BCUT2D eigenvalue weighted by Crippen LogP contribution is 2.61. The Kier molecular flexibility index (Phi) is 7.57. The zero-order valence-electron chi connectivity index (χ0n) is 29.5. The monoisotopic (exact) mass is 656 g/mol. The molecule has 1 heterocycles. The molecule has 1 fully saturated rings. The minimum absolute atomic E-state index is 0.0124. The van der Waals surface area contributed by atoms with Crippen LogP contribution in [0.3, 0.4) is 0 Å². The molecule has 2 nitrogen and oxygen atoms in total. The topological polar surface area (TPSA) is 8.17 Å². The Hall–Kier alpha value is -4.89. The maximum Gasteiger partial charge on any atom is 0.125 e. The molecule has 9 rings (SSSR count). The molecule has 0 radical (unpaired) electrons. The summed E-state index contributed by atoms with van der Waals surface area (Å²) < 4.78 is 17.5. The molecule has 3 heteroatoms. The van der Waals surface area contributed by atoms with E-state index in [-0.39, 0.29) is 11.2 Å². The maximum absolute atomic E-state index is 15.3. The SMILES string of the molecule is CCCC(CCC)c1ccc2c(c1)C1(CCCC1)c1cc(N(c3cccc(F)c3)c3cccc4c3c3ccccc3n4C)c3ccccc3c1-2. The fourth-order valence-corrected chi connectivity index (χ4v) is 9.88. The van der Waals surface area contributed by atoms with Crippen LogP contribution in [0.25, 0.3) is 43.7 Å². The van der Waals surface area contributed by atoms with E-state index in [1.54, 1.807) is 12.1 Å². The Morgan fingerprint density at radius 3 is 2.14 bits per heavy atom. The Labute approximate surface area is 295 Å². The van der Waals surface area contributed by atoms with Crippen LogP contribution in [0.1, 0.15) is 87.8 Å². The van der Waals surface area contributed by atoms with Crippen molar-refractivity contribution in [2.24, 2.45) is 7.05 Å². The Balaban J connectivity index is 1.35. The third-order valence-corrected chi connectivity index (χ3v) is 12.0. The van der Waals surface area contributed by atoms with Gasteiger partial charge in [0.25, 0.3) is 0 Å². The van der Waals surface area contributed by atoms with Crippen LogP contribution in [0.5, 0.6) is 0 Å². The van der Waals surface area contributed by atoms with Crippen molar-refractivity contribution >= 4 is 49.6 Å². The number of anilines is 3. The zero-order valence-corrected chi connectivity index (χ0v) is 29.5. The predicted molar refractivity (Wildman–Crippen MR) is 210 cm³/mol. The Morgan fingerprint density at radius 2 is 1.38 bits per heavy atom. The van der Waals surface area contributed by atoms with Crippen molar-refractivity contribution in [1.29, 1.82) is 0 Å². The van der Waals surface area contributed by atoms with E-state index in [1.807, 2.05) is 6.07 Å². The molecule has 0 bridgehead atoms. The van der Waals surface area contributed by atoms with Gasteiger partial charge >= 0.3 is 0 Å².